The molecule has 1 aliphatic rings. The van der Waals surface area contributed by atoms with Crippen molar-refractivity contribution in [1.82, 2.24) is 9.47 Å². The summed E-state index contributed by atoms with van der Waals surface area (Å²) in [5.74, 6) is 1.52. The third-order valence-electron chi connectivity index (χ3n) is 6.24. The summed E-state index contributed by atoms with van der Waals surface area (Å²) in [4.78, 5) is 15.8. The summed E-state index contributed by atoms with van der Waals surface area (Å²) >= 11 is 0. The summed E-state index contributed by atoms with van der Waals surface area (Å²) in [7, 11) is 5.00. The average molecular weight is 439 g/mol. The van der Waals surface area contributed by atoms with Crippen LogP contribution in [-0.4, -0.2) is 55.1 Å². The van der Waals surface area contributed by atoms with Crippen LogP contribution in [0.2, 0.25) is 0 Å². The number of hydrogen-bond donors (Lipinski definition) is 1. The first-order chi connectivity index (χ1) is 15.3. The second-order valence-electron chi connectivity index (χ2n) is 8.30. The first-order valence-corrected chi connectivity index (χ1v) is 10.7. The molecule has 0 atom stereocenters. The molecular weight excluding hydrogens is 408 g/mol. The van der Waals surface area contributed by atoms with Crippen LogP contribution in [0.3, 0.4) is 0 Å². The molecule has 170 valence electrons. The Morgan fingerprint density at radius 1 is 1.03 bits per heavy atom. The minimum atomic E-state index is -0.136. The van der Waals surface area contributed by atoms with Crippen LogP contribution in [0.5, 0.6) is 17.2 Å². The summed E-state index contributed by atoms with van der Waals surface area (Å²) in [5, 5.41) is 11.5. The van der Waals surface area contributed by atoms with E-state index in [2.05, 4.69) is 4.90 Å². The lowest BCUT2D eigenvalue weighted by Crippen LogP contribution is -2.36. The number of phenols is 1. The summed E-state index contributed by atoms with van der Waals surface area (Å²) in [6.07, 6.45) is 0. The predicted molar refractivity (Wildman–Crippen MR) is 125 cm³/mol. The van der Waals surface area contributed by atoms with Gasteiger partial charge in [0.2, 0.25) is 0 Å². The van der Waals surface area contributed by atoms with Crippen molar-refractivity contribution < 1.29 is 19.3 Å². The number of pyridine rings is 1. The van der Waals surface area contributed by atoms with Crippen molar-refractivity contribution in [3.05, 3.63) is 51.3 Å². The molecule has 0 saturated carbocycles. The fraction of sp³-hybridized carbons (Fsp3) is 0.400. The molecule has 0 unspecified atom stereocenters. The van der Waals surface area contributed by atoms with Crippen LogP contribution in [0.25, 0.3) is 22.0 Å². The maximum atomic E-state index is 13.5. The van der Waals surface area contributed by atoms with Crippen molar-refractivity contribution >= 4 is 10.8 Å². The number of benzene rings is 2. The van der Waals surface area contributed by atoms with Gasteiger partial charge in [0.25, 0.3) is 5.56 Å². The third-order valence-corrected chi connectivity index (χ3v) is 6.24. The summed E-state index contributed by atoms with van der Waals surface area (Å²) < 4.78 is 18.6. The molecule has 0 spiro atoms. The van der Waals surface area contributed by atoms with Gasteiger partial charge in [-0.15, -0.1) is 0 Å². The van der Waals surface area contributed by atoms with Gasteiger partial charge in [0.15, 0.2) is 0 Å². The fourth-order valence-electron chi connectivity index (χ4n) is 4.47. The molecule has 0 amide bonds. The fourth-order valence-corrected chi connectivity index (χ4v) is 4.47. The van der Waals surface area contributed by atoms with Gasteiger partial charge in [-0.25, -0.2) is 0 Å². The van der Waals surface area contributed by atoms with Gasteiger partial charge in [0.1, 0.15) is 17.2 Å². The van der Waals surface area contributed by atoms with Crippen LogP contribution in [-0.2, 0) is 18.3 Å². The SMILES string of the molecule is COc1cc2cc(-c3cc(C)c(O)c(C)c3)n(C)c(=O)c2c(OC)c1CN1CCOCC1. The molecule has 4 rings (SSSR count). The van der Waals surface area contributed by atoms with Gasteiger partial charge in [-0.1, -0.05) is 0 Å². The molecule has 1 fully saturated rings. The van der Waals surface area contributed by atoms with E-state index in [1.54, 1.807) is 25.8 Å². The van der Waals surface area contributed by atoms with Crippen molar-refractivity contribution in [3.63, 3.8) is 0 Å². The minimum Gasteiger partial charge on any atom is -0.507 e. The van der Waals surface area contributed by atoms with Gasteiger partial charge in [-0.3, -0.25) is 9.69 Å². The molecule has 0 bridgehead atoms. The maximum absolute atomic E-state index is 13.5. The molecule has 1 aliphatic heterocycles. The molecule has 32 heavy (non-hydrogen) atoms. The monoisotopic (exact) mass is 438 g/mol. The molecule has 3 aromatic rings. The van der Waals surface area contributed by atoms with Crippen LogP contribution in [0.4, 0.5) is 0 Å². The second kappa shape index (κ2) is 8.84. The van der Waals surface area contributed by atoms with Crippen molar-refractivity contribution in [2.24, 2.45) is 7.05 Å². The highest BCUT2D eigenvalue weighted by atomic mass is 16.5. The highest BCUT2D eigenvalue weighted by Crippen LogP contribution is 2.38. The molecule has 2 aromatic carbocycles. The minimum absolute atomic E-state index is 0.136. The zero-order valence-electron chi connectivity index (χ0n) is 19.3. The Labute approximate surface area is 187 Å². The van der Waals surface area contributed by atoms with E-state index in [4.69, 9.17) is 14.2 Å². The van der Waals surface area contributed by atoms with Gasteiger partial charge in [-0.2, -0.15) is 0 Å². The molecule has 0 radical (unpaired) electrons. The first-order valence-electron chi connectivity index (χ1n) is 10.7. The number of rotatable bonds is 5. The number of fused-ring (bicyclic) bond motifs is 1. The van der Waals surface area contributed by atoms with Gasteiger partial charge in [-0.05, 0) is 60.2 Å². The van der Waals surface area contributed by atoms with Crippen LogP contribution >= 0.6 is 0 Å². The predicted octanol–water partition coefficient (Wildman–Crippen LogP) is 3.38. The molecule has 1 saturated heterocycles. The van der Waals surface area contributed by atoms with Crippen molar-refractivity contribution in [2.75, 3.05) is 40.5 Å². The number of aromatic hydroxyl groups is 1. The van der Waals surface area contributed by atoms with E-state index in [9.17, 15) is 9.90 Å². The molecule has 2 heterocycles. The Kier molecular flexibility index (Phi) is 6.13. The van der Waals surface area contributed by atoms with Crippen LogP contribution < -0.4 is 15.0 Å². The molecule has 1 N–H and O–H groups in total. The quantitative estimate of drug-likeness (QED) is 0.659. The molecular formula is C25H30N2O5. The van der Waals surface area contributed by atoms with Crippen molar-refractivity contribution in [1.29, 1.82) is 0 Å². The third kappa shape index (κ3) is 3.82. The average Bonchev–Trinajstić information content (AvgIpc) is 2.79. The Balaban J connectivity index is 1.93. The maximum Gasteiger partial charge on any atom is 0.262 e. The summed E-state index contributed by atoms with van der Waals surface area (Å²) in [6, 6.07) is 7.68. The largest absolute Gasteiger partial charge is 0.507 e. The van der Waals surface area contributed by atoms with E-state index >= 15 is 0 Å². The van der Waals surface area contributed by atoms with Crippen LogP contribution in [0, 0.1) is 13.8 Å². The first kappa shape index (κ1) is 22.2. The number of hydrogen-bond acceptors (Lipinski definition) is 6. The van der Waals surface area contributed by atoms with Gasteiger partial charge < -0.3 is 23.9 Å². The Hall–Kier alpha value is -3.03. The zero-order chi connectivity index (χ0) is 23.0. The Bertz CT molecular complexity index is 1200. The number of aryl methyl sites for hydroxylation is 2. The number of phenolic OH excluding ortho intramolecular Hbond substituents is 1. The van der Waals surface area contributed by atoms with E-state index in [-0.39, 0.29) is 11.3 Å². The number of ether oxygens (including phenoxy) is 3. The van der Waals surface area contributed by atoms with E-state index in [1.807, 2.05) is 38.1 Å². The number of morpholine rings is 1. The standard InChI is InChI=1S/C25H30N2O5/c1-15-10-17(11-16(2)23(15)28)20-12-18-13-21(30-4)19(14-27-6-8-32-9-7-27)24(31-5)22(18)25(29)26(20)3/h10-13,28H,6-9,14H2,1-5H3. The summed E-state index contributed by atoms with van der Waals surface area (Å²) in [6.45, 7) is 7.35. The number of aromatic nitrogens is 1. The van der Waals surface area contributed by atoms with E-state index in [0.717, 1.165) is 46.4 Å². The van der Waals surface area contributed by atoms with Crippen LogP contribution in [0.15, 0.2) is 29.1 Å². The van der Waals surface area contributed by atoms with Gasteiger partial charge in [0, 0.05) is 26.7 Å². The lowest BCUT2D eigenvalue weighted by Gasteiger charge is -2.28. The summed E-state index contributed by atoms with van der Waals surface area (Å²) in [5.41, 5.74) is 3.90. The van der Waals surface area contributed by atoms with Crippen molar-refractivity contribution in [2.45, 2.75) is 20.4 Å². The molecule has 0 aliphatic carbocycles. The highest BCUT2D eigenvalue weighted by molar-refractivity contribution is 5.93. The Morgan fingerprint density at radius 2 is 1.69 bits per heavy atom. The molecule has 1 aromatic heterocycles. The second-order valence-corrected chi connectivity index (χ2v) is 8.30. The molecule has 7 nitrogen and oxygen atoms in total. The van der Waals surface area contributed by atoms with Gasteiger partial charge >= 0.3 is 0 Å². The zero-order valence-corrected chi connectivity index (χ0v) is 19.3. The number of methoxy groups -OCH3 is 2. The molecule has 7 heteroatoms. The van der Waals surface area contributed by atoms with Crippen LogP contribution in [0.1, 0.15) is 16.7 Å². The van der Waals surface area contributed by atoms with Gasteiger partial charge in [0.05, 0.1) is 44.1 Å². The Morgan fingerprint density at radius 3 is 2.28 bits per heavy atom. The lowest BCUT2D eigenvalue weighted by atomic mass is 9.99. The highest BCUT2D eigenvalue weighted by Gasteiger charge is 2.23. The lowest BCUT2D eigenvalue weighted by molar-refractivity contribution is 0.0336. The van der Waals surface area contributed by atoms with E-state index < -0.39 is 0 Å². The smallest absolute Gasteiger partial charge is 0.262 e. The normalized spacial score (nSPS) is 14.7. The topological polar surface area (TPSA) is 73.2 Å². The van der Waals surface area contributed by atoms with E-state index in [1.165, 1.54) is 0 Å². The number of nitrogens with zero attached hydrogens (tertiary/aromatic N) is 2. The van der Waals surface area contributed by atoms with Crippen molar-refractivity contribution in [3.8, 4) is 28.5 Å². The van der Waals surface area contributed by atoms with E-state index in [0.29, 0.717) is 36.6 Å².